The van der Waals surface area contributed by atoms with E-state index in [4.69, 9.17) is 13.6 Å². The summed E-state index contributed by atoms with van der Waals surface area (Å²) in [5, 5.41) is 13.8. The molecule has 0 spiro atoms. The minimum atomic E-state index is -0.401. The molecule has 266 valence electrons. The Labute approximate surface area is 291 Å². The van der Waals surface area contributed by atoms with Crippen LogP contribution in [0.15, 0.2) is 50.5 Å². The van der Waals surface area contributed by atoms with Crippen molar-refractivity contribution in [2.45, 2.75) is 51.1 Å². The summed E-state index contributed by atoms with van der Waals surface area (Å²) in [5.74, 6) is 0.415. The van der Waals surface area contributed by atoms with Crippen LogP contribution < -0.4 is 20.4 Å². The number of amides is 2. The molecule has 15 heteroatoms. The van der Waals surface area contributed by atoms with E-state index >= 15 is 0 Å². The second-order valence-corrected chi connectivity index (χ2v) is 13.7. The molecule has 3 saturated carbocycles. The van der Waals surface area contributed by atoms with Gasteiger partial charge >= 0.3 is 0 Å². The lowest BCUT2D eigenvalue weighted by atomic mass is 9.76. The number of halogens is 1. The topological polar surface area (TPSA) is 169 Å². The standard InChI is InChI=1S/C36H38FN7O7/c1-3-24-30(42-10-12-43(13-11-42)34(48)28-25(45)5-4-23-32(28)50-19-39-23)31(47)29-35(51-33(40-29)20-7-9-38-27(14-20)49-2)44(24)18-26(46)41-36-15-21(6-8-37)22(16-36)17-36/h4-5,7,9,14,19,21-22,45H,3,6,8,10-13,15-18H2,1-2H3,(H,41,46)/t21-,22?,36?/m1/s1. The van der Waals surface area contributed by atoms with Crippen LogP contribution in [0.3, 0.4) is 0 Å². The molecule has 9 rings (SSSR count). The summed E-state index contributed by atoms with van der Waals surface area (Å²) in [6, 6.07) is 6.35. The number of nitrogens with zero attached hydrogens (tertiary/aromatic N) is 6. The van der Waals surface area contributed by atoms with Crippen LogP contribution in [-0.2, 0) is 17.8 Å². The second-order valence-electron chi connectivity index (χ2n) is 13.7. The molecule has 0 unspecified atom stereocenters. The number of oxazole rings is 2. The lowest BCUT2D eigenvalue weighted by Crippen LogP contribution is -2.53. The van der Waals surface area contributed by atoms with E-state index in [-0.39, 0.29) is 83.1 Å². The third-order valence-electron chi connectivity index (χ3n) is 10.8. The number of piperazine rings is 1. The Balaban J connectivity index is 1.13. The molecule has 5 aromatic rings. The Bertz CT molecular complexity index is 2210. The molecule has 5 heterocycles. The predicted octanol–water partition coefficient (Wildman–Crippen LogP) is 4.08. The van der Waals surface area contributed by atoms with Crippen molar-refractivity contribution in [3.8, 4) is 23.1 Å². The van der Waals surface area contributed by atoms with Crippen molar-refractivity contribution in [3.05, 3.63) is 58.3 Å². The highest BCUT2D eigenvalue weighted by Crippen LogP contribution is 2.56. The molecule has 4 aromatic heterocycles. The van der Waals surface area contributed by atoms with Gasteiger partial charge in [0.05, 0.1) is 13.8 Å². The number of rotatable bonds is 10. The van der Waals surface area contributed by atoms with Gasteiger partial charge in [0.1, 0.15) is 29.1 Å². The molecule has 1 aliphatic heterocycles. The zero-order valence-electron chi connectivity index (χ0n) is 28.4. The molecule has 2 amide bonds. The summed E-state index contributed by atoms with van der Waals surface area (Å²) in [7, 11) is 1.50. The summed E-state index contributed by atoms with van der Waals surface area (Å²) in [6.45, 7) is 2.58. The Kier molecular flexibility index (Phi) is 8.14. The number of pyridine rings is 2. The highest BCUT2D eigenvalue weighted by atomic mass is 19.1. The molecular formula is C36H38FN7O7. The number of hydrogen-bond acceptors (Lipinski definition) is 11. The number of fused-ring (bicyclic) bond motifs is 3. The molecule has 4 aliphatic rings. The van der Waals surface area contributed by atoms with Crippen molar-refractivity contribution in [1.82, 2.24) is 29.7 Å². The number of phenols is 1. The van der Waals surface area contributed by atoms with Crippen LogP contribution in [0.1, 0.15) is 48.7 Å². The maximum absolute atomic E-state index is 14.4. The molecule has 2 N–H and O–H groups in total. The van der Waals surface area contributed by atoms with Crippen LogP contribution in [0.5, 0.6) is 11.6 Å². The molecule has 3 aliphatic carbocycles. The average Bonchev–Trinajstić information content (AvgIpc) is 3.92. The van der Waals surface area contributed by atoms with Crippen LogP contribution >= 0.6 is 0 Å². The van der Waals surface area contributed by atoms with Crippen molar-refractivity contribution in [2.24, 2.45) is 11.8 Å². The molecule has 2 bridgehead atoms. The fraction of sp³-hybridized carbons (Fsp3) is 0.444. The SMILES string of the molecule is CCc1c(N2CCN(C(=O)c3c(O)ccc4ncoc34)CC2)c(=O)c2nc(-c3ccnc(OC)c3)oc2n1CC(=O)NC12CC(C1)[C@H](CCF)C2. The van der Waals surface area contributed by atoms with Gasteiger partial charge in [0.15, 0.2) is 17.5 Å². The average molecular weight is 700 g/mol. The molecular weight excluding hydrogens is 661 g/mol. The number of phenolic OH excluding ortho intramolecular Hbond substituents is 1. The number of alkyl halides is 1. The number of hydrogen-bond donors (Lipinski definition) is 2. The van der Waals surface area contributed by atoms with Gasteiger partial charge in [0.2, 0.25) is 28.8 Å². The fourth-order valence-electron chi connectivity index (χ4n) is 8.40. The first-order valence-corrected chi connectivity index (χ1v) is 17.3. The molecule has 51 heavy (non-hydrogen) atoms. The lowest BCUT2D eigenvalue weighted by Gasteiger charge is -2.39. The van der Waals surface area contributed by atoms with Crippen molar-refractivity contribution in [3.63, 3.8) is 0 Å². The van der Waals surface area contributed by atoms with Gasteiger partial charge in [-0.15, -0.1) is 0 Å². The Morgan fingerprint density at radius 3 is 2.69 bits per heavy atom. The van der Waals surface area contributed by atoms with Crippen molar-refractivity contribution in [1.29, 1.82) is 0 Å². The van der Waals surface area contributed by atoms with E-state index in [2.05, 4.69) is 20.3 Å². The number of anilines is 1. The van der Waals surface area contributed by atoms with Crippen molar-refractivity contribution >= 4 is 39.8 Å². The maximum Gasteiger partial charge on any atom is 0.261 e. The van der Waals surface area contributed by atoms with Gasteiger partial charge in [-0.05, 0) is 62.1 Å². The molecule has 1 saturated heterocycles. The summed E-state index contributed by atoms with van der Waals surface area (Å²) in [6.07, 6.45) is 6.15. The first-order chi connectivity index (χ1) is 24.7. The molecule has 14 nitrogen and oxygen atoms in total. The van der Waals surface area contributed by atoms with Gasteiger partial charge in [-0.2, -0.15) is 0 Å². The number of benzene rings is 1. The third-order valence-corrected chi connectivity index (χ3v) is 10.8. The monoisotopic (exact) mass is 699 g/mol. The lowest BCUT2D eigenvalue weighted by molar-refractivity contribution is -0.124. The van der Waals surface area contributed by atoms with E-state index in [9.17, 15) is 23.9 Å². The first-order valence-electron chi connectivity index (χ1n) is 17.3. The highest BCUT2D eigenvalue weighted by molar-refractivity contribution is 6.06. The van der Waals surface area contributed by atoms with Gasteiger partial charge in [0, 0.05) is 55.2 Å². The summed E-state index contributed by atoms with van der Waals surface area (Å²) < 4.78 is 31.9. The van der Waals surface area contributed by atoms with Crippen LogP contribution in [0.25, 0.3) is 33.8 Å². The minimum Gasteiger partial charge on any atom is -0.507 e. The van der Waals surface area contributed by atoms with E-state index in [0.717, 1.165) is 19.3 Å². The van der Waals surface area contributed by atoms with E-state index in [1.807, 2.05) is 11.8 Å². The quantitative estimate of drug-likeness (QED) is 0.216. The van der Waals surface area contributed by atoms with Crippen molar-refractivity contribution < 1.29 is 32.7 Å². The number of carbonyl (C=O) groups excluding carboxylic acids is 2. The zero-order valence-corrected chi connectivity index (χ0v) is 28.4. The van der Waals surface area contributed by atoms with Crippen LogP contribution in [0.4, 0.5) is 10.1 Å². The van der Waals surface area contributed by atoms with Gasteiger partial charge in [0.25, 0.3) is 5.91 Å². The van der Waals surface area contributed by atoms with Gasteiger partial charge in [-0.3, -0.25) is 18.8 Å². The smallest absolute Gasteiger partial charge is 0.261 e. The molecule has 1 aromatic carbocycles. The Morgan fingerprint density at radius 1 is 1.14 bits per heavy atom. The number of aromatic hydroxyl groups is 1. The third kappa shape index (κ3) is 5.54. The molecule has 4 fully saturated rings. The summed E-state index contributed by atoms with van der Waals surface area (Å²) in [5.41, 5.74) is 1.84. The largest absolute Gasteiger partial charge is 0.507 e. The minimum absolute atomic E-state index is 0.0425. The predicted molar refractivity (Wildman–Crippen MR) is 184 cm³/mol. The molecule has 1 atom stereocenters. The van der Waals surface area contributed by atoms with Crippen LogP contribution in [0.2, 0.25) is 0 Å². The second kappa shape index (κ2) is 12.7. The normalized spacial score (nSPS) is 21.3. The van der Waals surface area contributed by atoms with Gasteiger partial charge in [-0.1, -0.05) is 6.92 Å². The Hall–Kier alpha value is -5.47. The van der Waals surface area contributed by atoms with Crippen LogP contribution in [0, 0.1) is 11.8 Å². The van der Waals surface area contributed by atoms with Crippen molar-refractivity contribution in [2.75, 3.05) is 44.9 Å². The number of ether oxygens (including phenoxy) is 1. The first kappa shape index (κ1) is 32.7. The van der Waals surface area contributed by atoms with Gasteiger partial charge < -0.3 is 38.4 Å². The Morgan fingerprint density at radius 2 is 1.94 bits per heavy atom. The summed E-state index contributed by atoms with van der Waals surface area (Å²) >= 11 is 0. The highest BCUT2D eigenvalue weighted by Gasteiger charge is 2.56. The number of carbonyl (C=O) groups is 2. The van der Waals surface area contributed by atoms with E-state index < -0.39 is 5.91 Å². The number of nitrogens with one attached hydrogen (secondary N) is 1. The number of methoxy groups -OCH3 is 1. The summed E-state index contributed by atoms with van der Waals surface area (Å²) in [4.78, 5) is 58.2. The zero-order chi connectivity index (χ0) is 35.4. The van der Waals surface area contributed by atoms with E-state index in [1.54, 1.807) is 33.9 Å². The van der Waals surface area contributed by atoms with Gasteiger partial charge in [-0.25, -0.2) is 15.0 Å². The van der Waals surface area contributed by atoms with E-state index in [1.165, 1.54) is 19.6 Å². The molecule has 0 radical (unpaired) electrons. The van der Waals surface area contributed by atoms with E-state index in [0.29, 0.717) is 60.2 Å². The fourth-order valence-corrected chi connectivity index (χ4v) is 8.40. The number of aromatic nitrogens is 4. The maximum atomic E-state index is 14.4. The van der Waals surface area contributed by atoms with Crippen LogP contribution in [-0.4, -0.2) is 86.8 Å².